The Balaban J connectivity index is 1.79. The second-order valence-electron chi connectivity index (χ2n) is 10.0. The summed E-state index contributed by atoms with van der Waals surface area (Å²) in [7, 11) is 0. The van der Waals surface area contributed by atoms with Gasteiger partial charge in [0.25, 0.3) is 5.56 Å². The van der Waals surface area contributed by atoms with Crippen LogP contribution in [0.15, 0.2) is 46.6 Å². The quantitative estimate of drug-likeness (QED) is 0.347. The molecule has 3 heterocycles. The molecule has 3 aromatic heterocycles. The fourth-order valence-corrected chi connectivity index (χ4v) is 5.12. The van der Waals surface area contributed by atoms with Crippen LogP contribution < -0.4 is 5.56 Å². The topological polar surface area (TPSA) is 79.7 Å². The molecule has 0 saturated carbocycles. The summed E-state index contributed by atoms with van der Waals surface area (Å²) in [5, 5.41) is 16.1. The molecule has 180 valence electrons. The van der Waals surface area contributed by atoms with Crippen molar-refractivity contribution in [2.45, 2.75) is 72.6 Å². The van der Waals surface area contributed by atoms with Crippen LogP contribution in [-0.2, 0) is 18.6 Å². The van der Waals surface area contributed by atoms with Crippen LogP contribution in [0.25, 0.3) is 10.9 Å². The molecule has 7 nitrogen and oxygen atoms in total. The number of benzene rings is 1. The van der Waals surface area contributed by atoms with Crippen molar-refractivity contribution in [2.75, 3.05) is 0 Å². The molecular formula is C26H34N6OS. The molecule has 8 heteroatoms. The number of aryl methyl sites for hydroxylation is 1. The minimum absolute atomic E-state index is 0.0507. The lowest BCUT2D eigenvalue weighted by Gasteiger charge is -2.35. The second kappa shape index (κ2) is 9.80. The Morgan fingerprint density at radius 3 is 2.65 bits per heavy atom. The summed E-state index contributed by atoms with van der Waals surface area (Å²) >= 11 is 1.72. The van der Waals surface area contributed by atoms with E-state index in [1.165, 1.54) is 4.88 Å². The van der Waals surface area contributed by atoms with E-state index in [0.29, 0.717) is 13.1 Å². The lowest BCUT2D eigenvalue weighted by molar-refractivity contribution is 0.119. The largest absolute Gasteiger partial charge is 0.322 e. The number of fused-ring (bicyclic) bond motifs is 1. The Hall–Kier alpha value is -2.84. The number of hydrogen-bond acceptors (Lipinski definition) is 6. The van der Waals surface area contributed by atoms with Gasteiger partial charge in [-0.3, -0.25) is 9.69 Å². The van der Waals surface area contributed by atoms with Crippen LogP contribution in [0, 0.1) is 12.8 Å². The molecule has 0 radical (unpaired) electrons. The van der Waals surface area contributed by atoms with E-state index >= 15 is 0 Å². The van der Waals surface area contributed by atoms with Gasteiger partial charge in [0.05, 0.1) is 11.6 Å². The van der Waals surface area contributed by atoms with E-state index < -0.39 is 0 Å². The van der Waals surface area contributed by atoms with Gasteiger partial charge in [-0.1, -0.05) is 39.0 Å². The van der Waals surface area contributed by atoms with Gasteiger partial charge in [-0.05, 0) is 78.1 Å². The highest BCUT2D eigenvalue weighted by molar-refractivity contribution is 7.09. The highest BCUT2D eigenvalue weighted by atomic mass is 32.1. The Kier molecular flexibility index (Phi) is 7.00. The lowest BCUT2D eigenvalue weighted by atomic mass is 9.97. The van der Waals surface area contributed by atoms with Gasteiger partial charge >= 0.3 is 0 Å². The third-order valence-corrected chi connectivity index (χ3v) is 7.47. The maximum absolute atomic E-state index is 13.1. The molecule has 0 saturated heterocycles. The Bertz CT molecular complexity index is 1300. The second-order valence-corrected chi connectivity index (χ2v) is 11.0. The number of pyridine rings is 1. The van der Waals surface area contributed by atoms with Crippen molar-refractivity contribution < 1.29 is 0 Å². The van der Waals surface area contributed by atoms with Crippen LogP contribution in [0.5, 0.6) is 0 Å². The predicted molar refractivity (Wildman–Crippen MR) is 138 cm³/mol. The molecule has 0 aliphatic heterocycles. The predicted octanol–water partition coefficient (Wildman–Crippen LogP) is 5.43. The van der Waals surface area contributed by atoms with E-state index in [4.69, 9.17) is 0 Å². The van der Waals surface area contributed by atoms with Crippen molar-refractivity contribution in [2.24, 2.45) is 5.92 Å². The zero-order valence-corrected chi connectivity index (χ0v) is 21.7. The van der Waals surface area contributed by atoms with Gasteiger partial charge < -0.3 is 4.98 Å². The molecule has 0 aliphatic carbocycles. The third kappa shape index (κ3) is 4.98. The minimum Gasteiger partial charge on any atom is -0.322 e. The first-order valence-corrected chi connectivity index (χ1v) is 12.8. The number of rotatable bonds is 9. The first-order valence-electron chi connectivity index (χ1n) is 11.9. The Labute approximate surface area is 204 Å². The Morgan fingerprint density at radius 2 is 1.97 bits per heavy atom. The standard InChI is InChI=1S/C26H34N6OS/c1-7-26(5,6)32-24(28-29-30-32)23(17(2)3)31(16-21-9-8-12-34-21)15-20-14-19-11-10-18(4)13-22(19)27-25(20)33/h8-14,17,23H,7,15-16H2,1-6H3,(H,27,33)/t23-/m0/s1. The number of tetrazole rings is 1. The van der Waals surface area contributed by atoms with Crippen LogP contribution in [0.1, 0.15) is 68.9 Å². The van der Waals surface area contributed by atoms with Gasteiger partial charge in [-0.15, -0.1) is 16.4 Å². The van der Waals surface area contributed by atoms with Crippen molar-refractivity contribution in [3.05, 3.63) is 74.0 Å². The third-order valence-electron chi connectivity index (χ3n) is 6.61. The van der Waals surface area contributed by atoms with Gasteiger partial charge in [0, 0.05) is 29.0 Å². The molecule has 1 N–H and O–H groups in total. The summed E-state index contributed by atoms with van der Waals surface area (Å²) in [5.41, 5.74) is 2.48. The van der Waals surface area contributed by atoms with E-state index in [-0.39, 0.29) is 23.1 Å². The molecule has 0 bridgehead atoms. The van der Waals surface area contributed by atoms with Crippen molar-refractivity contribution >= 4 is 22.2 Å². The molecule has 0 amide bonds. The highest BCUT2D eigenvalue weighted by Gasteiger charge is 2.34. The van der Waals surface area contributed by atoms with Crippen molar-refractivity contribution in [3.63, 3.8) is 0 Å². The minimum atomic E-state index is -0.209. The van der Waals surface area contributed by atoms with Crippen LogP contribution in [0.4, 0.5) is 0 Å². The van der Waals surface area contributed by atoms with Crippen LogP contribution in [0.3, 0.4) is 0 Å². The summed E-state index contributed by atoms with van der Waals surface area (Å²) in [6.07, 6.45) is 0.907. The number of thiophene rings is 1. The molecule has 0 aliphatic rings. The fraction of sp³-hybridized carbons (Fsp3) is 0.462. The zero-order chi connectivity index (χ0) is 24.5. The monoisotopic (exact) mass is 478 g/mol. The van der Waals surface area contributed by atoms with Gasteiger partial charge in [0.15, 0.2) is 5.82 Å². The average Bonchev–Trinajstić information content (AvgIpc) is 3.47. The maximum Gasteiger partial charge on any atom is 0.252 e. The van der Waals surface area contributed by atoms with Crippen LogP contribution >= 0.6 is 11.3 Å². The molecule has 0 spiro atoms. The molecule has 4 rings (SSSR count). The lowest BCUT2D eigenvalue weighted by Crippen LogP contribution is -2.38. The molecule has 1 atom stereocenters. The first-order chi connectivity index (χ1) is 16.2. The first kappa shape index (κ1) is 24.3. The highest BCUT2D eigenvalue weighted by Crippen LogP contribution is 2.33. The summed E-state index contributed by atoms with van der Waals surface area (Å²) in [4.78, 5) is 19.8. The van der Waals surface area contributed by atoms with Crippen molar-refractivity contribution in [3.8, 4) is 0 Å². The van der Waals surface area contributed by atoms with Gasteiger partial charge in [-0.25, -0.2) is 4.68 Å². The molecule has 0 fully saturated rings. The van der Waals surface area contributed by atoms with E-state index in [0.717, 1.165) is 34.3 Å². The van der Waals surface area contributed by atoms with Crippen molar-refractivity contribution in [1.29, 1.82) is 0 Å². The van der Waals surface area contributed by atoms with Crippen molar-refractivity contribution in [1.82, 2.24) is 30.1 Å². The maximum atomic E-state index is 13.1. The smallest absolute Gasteiger partial charge is 0.252 e. The summed E-state index contributed by atoms with van der Waals surface area (Å²) in [5.74, 6) is 1.07. The summed E-state index contributed by atoms with van der Waals surface area (Å²) in [6, 6.07) is 12.3. The van der Waals surface area contributed by atoms with E-state index in [9.17, 15) is 4.79 Å². The summed E-state index contributed by atoms with van der Waals surface area (Å²) in [6.45, 7) is 14.1. The SMILES string of the molecule is CCC(C)(C)n1nnnc1[C@H](C(C)C)N(Cc1cccs1)Cc1cc2ccc(C)cc2[nH]c1=O. The van der Waals surface area contributed by atoms with Crippen LogP contribution in [-0.4, -0.2) is 30.1 Å². The van der Waals surface area contributed by atoms with Gasteiger partial charge in [0.2, 0.25) is 0 Å². The molecular weight excluding hydrogens is 444 g/mol. The summed E-state index contributed by atoms with van der Waals surface area (Å²) < 4.78 is 1.96. The normalized spacial score (nSPS) is 13.3. The number of aromatic amines is 1. The molecule has 4 aromatic rings. The number of nitrogens with zero attached hydrogens (tertiary/aromatic N) is 5. The van der Waals surface area contributed by atoms with E-state index in [2.05, 4.69) is 89.7 Å². The number of nitrogens with one attached hydrogen (secondary N) is 1. The average molecular weight is 479 g/mol. The van der Waals surface area contributed by atoms with E-state index in [1.54, 1.807) is 11.3 Å². The van der Waals surface area contributed by atoms with Gasteiger partial charge in [0.1, 0.15) is 0 Å². The molecule has 34 heavy (non-hydrogen) atoms. The van der Waals surface area contributed by atoms with E-state index in [1.807, 2.05) is 23.7 Å². The zero-order valence-electron chi connectivity index (χ0n) is 20.9. The molecule has 1 aromatic carbocycles. The number of aromatic nitrogens is 5. The Morgan fingerprint density at radius 1 is 1.18 bits per heavy atom. The molecule has 0 unspecified atom stereocenters. The number of H-pyrrole nitrogens is 1. The number of hydrogen-bond donors (Lipinski definition) is 1. The van der Waals surface area contributed by atoms with Gasteiger partial charge in [-0.2, -0.15) is 0 Å². The van der Waals surface area contributed by atoms with Crippen LogP contribution in [0.2, 0.25) is 0 Å². The fourth-order valence-electron chi connectivity index (χ4n) is 4.39.